The number of nitro groups is 4. The van der Waals surface area contributed by atoms with Gasteiger partial charge in [-0.2, -0.15) is 0 Å². The fourth-order valence-electron chi connectivity index (χ4n) is 2.68. The molecule has 232 valence electrons. The molecule has 4 aromatic rings. The van der Waals surface area contributed by atoms with Crippen molar-refractivity contribution >= 4 is 136 Å². The Kier molecular flexibility index (Phi) is 16.2. The molecule has 0 unspecified atom stereocenters. The Morgan fingerprint density at radius 1 is 0.386 bits per heavy atom. The van der Waals surface area contributed by atoms with Gasteiger partial charge in [-0.1, -0.05) is 0 Å². The minimum Gasteiger partial charge on any atom is -0.399 e. The van der Waals surface area contributed by atoms with E-state index in [1.165, 1.54) is 24.3 Å². The van der Waals surface area contributed by atoms with Crippen LogP contribution < -0.4 is 22.9 Å². The van der Waals surface area contributed by atoms with Crippen LogP contribution in [0.15, 0.2) is 72.8 Å². The van der Waals surface area contributed by atoms with E-state index in [1.54, 1.807) is 48.5 Å². The van der Waals surface area contributed by atoms with E-state index >= 15 is 0 Å². The predicted molar refractivity (Wildman–Crippen MR) is 201 cm³/mol. The Morgan fingerprint density at radius 2 is 0.545 bits per heavy atom. The molecule has 0 bridgehead atoms. The molecule has 0 aliphatic carbocycles. The van der Waals surface area contributed by atoms with Gasteiger partial charge in [0.2, 0.25) is 0 Å². The van der Waals surface area contributed by atoms with E-state index in [0.29, 0.717) is 37.0 Å². The van der Waals surface area contributed by atoms with E-state index in [4.69, 9.17) is 22.9 Å². The third-order valence-corrected chi connectivity index (χ3v) is 8.32. The highest BCUT2D eigenvalue weighted by Gasteiger charge is 2.12. The van der Waals surface area contributed by atoms with Gasteiger partial charge in [-0.15, -0.1) is 0 Å². The molecular weight excluding hydrogens is 1040 g/mol. The van der Waals surface area contributed by atoms with Crippen molar-refractivity contribution in [3.63, 3.8) is 0 Å². The highest BCUT2D eigenvalue weighted by molar-refractivity contribution is 14.1. The van der Waals surface area contributed by atoms with Gasteiger partial charge < -0.3 is 22.9 Å². The van der Waals surface area contributed by atoms with Crippen LogP contribution in [-0.4, -0.2) is 19.7 Å². The lowest BCUT2D eigenvalue weighted by Gasteiger charge is -1.95. The third-order valence-electron chi connectivity index (χ3n) is 4.67. The third kappa shape index (κ3) is 13.1. The summed E-state index contributed by atoms with van der Waals surface area (Å²) in [4.78, 5) is 39.5. The van der Waals surface area contributed by atoms with Crippen molar-refractivity contribution in [2.45, 2.75) is 0 Å². The molecule has 0 amide bonds. The number of nitrogens with two attached hydrogens (primary N) is 4. The second kappa shape index (κ2) is 18.4. The summed E-state index contributed by atoms with van der Waals surface area (Å²) in [5.74, 6) is 0. The molecule has 0 aliphatic heterocycles. The van der Waals surface area contributed by atoms with E-state index in [9.17, 15) is 40.5 Å². The van der Waals surface area contributed by atoms with Crippen LogP contribution in [0.3, 0.4) is 0 Å². The number of hydrogen-bond acceptors (Lipinski definition) is 12. The summed E-state index contributed by atoms with van der Waals surface area (Å²) in [5, 5.41) is 41.3. The van der Waals surface area contributed by atoms with Gasteiger partial charge in [0.1, 0.15) is 0 Å². The minimum absolute atomic E-state index is 0.0607. The largest absolute Gasteiger partial charge is 0.399 e. The van der Waals surface area contributed by atoms with E-state index < -0.39 is 19.7 Å². The molecule has 0 aliphatic rings. The van der Waals surface area contributed by atoms with Crippen LogP contribution in [0.2, 0.25) is 0 Å². The molecule has 20 heteroatoms. The Hall–Kier alpha value is -3.40. The smallest absolute Gasteiger partial charge is 0.284 e. The predicted octanol–water partition coefficient (Wildman–Crippen LogP) is 7.13. The van der Waals surface area contributed by atoms with Crippen molar-refractivity contribution in [2.24, 2.45) is 0 Å². The summed E-state index contributed by atoms with van der Waals surface area (Å²) >= 11 is 7.58. The number of hydrogen-bond donors (Lipinski definition) is 4. The molecule has 8 N–H and O–H groups in total. The molecule has 0 aromatic heterocycles. The zero-order chi connectivity index (χ0) is 33.7. The zero-order valence-corrected chi connectivity index (χ0v) is 30.4. The van der Waals surface area contributed by atoms with Crippen LogP contribution in [0.4, 0.5) is 45.5 Å². The van der Waals surface area contributed by atoms with E-state index in [-0.39, 0.29) is 22.7 Å². The van der Waals surface area contributed by atoms with E-state index in [0.717, 1.165) is 0 Å². The maximum Gasteiger partial charge on any atom is 0.284 e. The van der Waals surface area contributed by atoms with Crippen molar-refractivity contribution in [3.8, 4) is 0 Å². The Labute approximate surface area is 303 Å². The standard InChI is InChI=1S/4C6H5IN2O2/c4*7-5-2-1-4(8)3-6(5)9(10)11/h4*1-3H,8H2. The molecule has 0 radical (unpaired) electrons. The first-order valence-electron chi connectivity index (χ1n) is 11.2. The molecule has 16 nitrogen and oxygen atoms in total. The highest BCUT2D eigenvalue weighted by Crippen LogP contribution is 2.25. The lowest BCUT2D eigenvalue weighted by atomic mass is 10.3. The Balaban J connectivity index is 0.000000293. The zero-order valence-electron chi connectivity index (χ0n) is 21.8. The molecule has 0 heterocycles. The topological polar surface area (TPSA) is 277 Å². The number of nitro benzene ring substituents is 4. The second-order valence-electron chi connectivity index (χ2n) is 7.87. The van der Waals surface area contributed by atoms with Gasteiger partial charge in [-0.25, -0.2) is 0 Å². The molecule has 0 saturated carbocycles. The molecule has 4 rings (SSSR count). The Morgan fingerprint density at radius 3 is 0.659 bits per heavy atom. The molecule has 0 atom stereocenters. The number of halogens is 4. The van der Waals surface area contributed by atoms with Crippen molar-refractivity contribution in [1.29, 1.82) is 0 Å². The number of anilines is 4. The molecule has 0 spiro atoms. The normalized spacial score (nSPS) is 9.55. The summed E-state index contributed by atoms with van der Waals surface area (Å²) in [5.41, 5.74) is 23.3. The van der Waals surface area contributed by atoms with Crippen LogP contribution in [0.1, 0.15) is 0 Å². The number of nitrogens with zero attached hydrogens (tertiary/aromatic N) is 4. The van der Waals surface area contributed by atoms with Gasteiger partial charge in [0.05, 0.1) is 34.0 Å². The monoisotopic (exact) mass is 1060 g/mol. The number of benzene rings is 4. The van der Waals surface area contributed by atoms with E-state index in [2.05, 4.69) is 0 Å². The number of rotatable bonds is 4. The minimum atomic E-state index is -0.446. The lowest BCUT2D eigenvalue weighted by molar-refractivity contribution is -0.385. The first-order chi connectivity index (χ1) is 20.4. The van der Waals surface area contributed by atoms with Gasteiger partial charge in [-0.3, -0.25) is 40.5 Å². The van der Waals surface area contributed by atoms with Gasteiger partial charge in [-0.05, 0) is 139 Å². The maximum atomic E-state index is 10.3. The van der Waals surface area contributed by atoms with Gasteiger partial charge >= 0.3 is 0 Å². The summed E-state index contributed by atoms with van der Waals surface area (Å²) in [6, 6.07) is 18.4. The first-order valence-corrected chi connectivity index (χ1v) is 15.5. The van der Waals surface area contributed by atoms with Crippen LogP contribution in [0.25, 0.3) is 0 Å². The maximum absolute atomic E-state index is 10.3. The van der Waals surface area contributed by atoms with Crippen molar-refractivity contribution in [1.82, 2.24) is 0 Å². The van der Waals surface area contributed by atoms with Crippen molar-refractivity contribution < 1.29 is 19.7 Å². The molecule has 4 aromatic carbocycles. The quantitative estimate of drug-likeness (QED) is 0.0688. The summed E-state index contributed by atoms with van der Waals surface area (Å²) in [6.07, 6.45) is 0. The summed E-state index contributed by atoms with van der Waals surface area (Å²) < 4.78 is 2.40. The van der Waals surface area contributed by atoms with Crippen molar-refractivity contribution in [3.05, 3.63) is 128 Å². The molecule has 0 saturated heterocycles. The number of nitrogen functional groups attached to an aromatic ring is 4. The average Bonchev–Trinajstić information content (AvgIpc) is 2.94. The van der Waals surface area contributed by atoms with E-state index in [1.807, 2.05) is 90.4 Å². The SMILES string of the molecule is Nc1ccc(I)c([N+](=O)[O-])c1.Nc1ccc(I)c([N+](=O)[O-])c1.Nc1ccc(I)c([N+](=O)[O-])c1.Nc1ccc(I)c([N+](=O)[O-])c1. The molecule has 44 heavy (non-hydrogen) atoms. The second-order valence-corrected chi connectivity index (χ2v) is 12.5. The molecular formula is C24H20I4N8O8. The van der Waals surface area contributed by atoms with Crippen LogP contribution in [0.5, 0.6) is 0 Å². The van der Waals surface area contributed by atoms with Gasteiger partial charge in [0.25, 0.3) is 22.7 Å². The van der Waals surface area contributed by atoms with Crippen molar-refractivity contribution in [2.75, 3.05) is 22.9 Å². The van der Waals surface area contributed by atoms with Crippen LogP contribution in [0, 0.1) is 54.7 Å². The molecule has 0 fully saturated rings. The first kappa shape index (κ1) is 38.6. The summed E-state index contributed by atoms with van der Waals surface area (Å²) in [7, 11) is 0. The fourth-order valence-corrected chi connectivity index (χ4v) is 4.81. The highest BCUT2D eigenvalue weighted by atomic mass is 127. The Bertz CT molecular complexity index is 1450. The van der Waals surface area contributed by atoms with Crippen LogP contribution >= 0.6 is 90.4 Å². The lowest BCUT2D eigenvalue weighted by Crippen LogP contribution is -1.93. The average molecular weight is 1060 g/mol. The van der Waals surface area contributed by atoms with Gasteiger partial charge in [0.15, 0.2) is 0 Å². The van der Waals surface area contributed by atoms with Gasteiger partial charge in [0, 0.05) is 47.0 Å². The summed E-state index contributed by atoms with van der Waals surface area (Å²) in [6.45, 7) is 0. The van der Waals surface area contributed by atoms with Crippen LogP contribution in [-0.2, 0) is 0 Å². The fraction of sp³-hybridized carbons (Fsp3) is 0.